The van der Waals surface area contributed by atoms with E-state index in [-0.39, 0.29) is 53.2 Å². The van der Waals surface area contributed by atoms with E-state index in [1.807, 2.05) is 6.92 Å². The molecule has 4 amide bonds. The molecular weight excluding hydrogens is 803 g/mol. The SMILES string of the molecule is CC[C@@H]1C[C@H](C)CCC=C[C@@H]2C[C@@]2(C(=O)NS(=O)(=O)C2(C)CC2)NC(=O)[C@@H]2C[C@@H](Oc3ncc(F)c4cc(OC)ccc34)CN2C(=O)[C@H]1N(C(=O)O)C(C)(C)C(F)(F)F. The molecule has 59 heavy (non-hydrogen) atoms. The lowest BCUT2D eigenvalue weighted by molar-refractivity contribution is -0.222. The van der Waals surface area contributed by atoms with E-state index in [1.165, 1.54) is 26.2 Å². The number of hydrogen-bond donors (Lipinski definition) is 3. The Morgan fingerprint density at radius 2 is 1.85 bits per heavy atom. The van der Waals surface area contributed by atoms with E-state index in [2.05, 4.69) is 15.0 Å². The average Bonchev–Trinajstić information content (AvgIpc) is 4.04. The number of fused-ring (bicyclic) bond motifs is 3. The number of allylic oxidation sites excluding steroid dienone is 1. The molecule has 324 valence electrons. The van der Waals surface area contributed by atoms with Crippen LogP contribution in [0.25, 0.3) is 10.8 Å². The highest BCUT2D eigenvalue weighted by Gasteiger charge is 2.64. The Morgan fingerprint density at radius 3 is 2.46 bits per heavy atom. The number of rotatable bonds is 9. The number of aromatic nitrogens is 1. The third-order valence-corrected chi connectivity index (χ3v) is 14.8. The van der Waals surface area contributed by atoms with E-state index >= 15 is 4.79 Å². The van der Waals surface area contributed by atoms with Crippen molar-refractivity contribution in [2.24, 2.45) is 17.8 Å². The Labute approximate surface area is 340 Å². The molecule has 1 aromatic heterocycles. The van der Waals surface area contributed by atoms with Crippen LogP contribution in [0.5, 0.6) is 11.6 Å². The number of ether oxygens (including phenoxy) is 2. The van der Waals surface area contributed by atoms with Gasteiger partial charge >= 0.3 is 12.3 Å². The van der Waals surface area contributed by atoms with Crippen LogP contribution in [0.1, 0.15) is 86.0 Å². The highest BCUT2D eigenvalue weighted by Crippen LogP contribution is 2.48. The summed E-state index contributed by atoms with van der Waals surface area (Å²) in [4.78, 5) is 61.9. The molecule has 0 radical (unpaired) electrons. The summed E-state index contributed by atoms with van der Waals surface area (Å²) in [7, 11) is -2.75. The maximum atomic E-state index is 15.1. The first-order chi connectivity index (χ1) is 27.5. The molecule has 19 heteroatoms. The molecule has 14 nitrogen and oxygen atoms in total. The molecule has 2 aromatic rings. The average molecular weight is 854 g/mol. The second-order valence-corrected chi connectivity index (χ2v) is 19.3. The Morgan fingerprint density at radius 1 is 1.15 bits per heavy atom. The molecule has 3 N–H and O–H groups in total. The summed E-state index contributed by atoms with van der Waals surface area (Å²) in [6.45, 7) is 5.91. The van der Waals surface area contributed by atoms with Crippen molar-refractivity contribution in [3.63, 3.8) is 0 Å². The number of hydrogen-bond acceptors (Lipinski definition) is 9. The molecule has 4 aliphatic rings. The topological polar surface area (TPSA) is 185 Å². The zero-order valence-electron chi connectivity index (χ0n) is 33.8. The Bertz CT molecular complexity index is 2150. The highest BCUT2D eigenvalue weighted by molar-refractivity contribution is 7.91. The number of nitrogens with zero attached hydrogens (tertiary/aromatic N) is 3. The van der Waals surface area contributed by atoms with E-state index < -0.39 is 98.2 Å². The number of amides is 4. The van der Waals surface area contributed by atoms with Crippen molar-refractivity contribution >= 4 is 44.6 Å². The van der Waals surface area contributed by atoms with Crippen molar-refractivity contribution in [1.29, 1.82) is 0 Å². The van der Waals surface area contributed by atoms with Crippen molar-refractivity contribution in [2.75, 3.05) is 13.7 Å². The number of benzene rings is 1. The van der Waals surface area contributed by atoms with Gasteiger partial charge in [0, 0.05) is 23.1 Å². The molecule has 1 aromatic carbocycles. The van der Waals surface area contributed by atoms with Crippen LogP contribution in [0.15, 0.2) is 36.5 Å². The molecule has 1 saturated heterocycles. The zero-order chi connectivity index (χ0) is 43.5. The lowest BCUT2D eigenvalue weighted by atomic mass is 9.82. The van der Waals surface area contributed by atoms with Crippen molar-refractivity contribution in [3.8, 4) is 11.6 Å². The normalized spacial score (nSPS) is 28.7. The second-order valence-electron chi connectivity index (χ2n) is 17.1. The fourth-order valence-electron chi connectivity index (χ4n) is 8.31. The van der Waals surface area contributed by atoms with E-state index in [0.717, 1.165) is 11.1 Å². The van der Waals surface area contributed by atoms with Gasteiger partial charge in [0.2, 0.25) is 27.7 Å². The maximum Gasteiger partial charge on any atom is 0.411 e. The van der Waals surface area contributed by atoms with Gasteiger partial charge in [-0.2, -0.15) is 13.2 Å². The number of carboxylic acid groups (broad SMARTS) is 1. The van der Waals surface area contributed by atoms with Gasteiger partial charge in [0.15, 0.2) is 0 Å². The molecule has 2 aliphatic carbocycles. The number of sulfonamides is 1. The molecule has 3 fully saturated rings. The molecule has 0 unspecified atom stereocenters. The summed E-state index contributed by atoms with van der Waals surface area (Å²) in [6.07, 6.45) is -2.22. The minimum absolute atomic E-state index is 0.0194. The Kier molecular flexibility index (Phi) is 11.7. The summed E-state index contributed by atoms with van der Waals surface area (Å²) in [5, 5.41) is 13.5. The van der Waals surface area contributed by atoms with Crippen LogP contribution in [-0.2, 0) is 24.4 Å². The number of carbonyl (C=O) groups is 4. The molecule has 2 saturated carbocycles. The van der Waals surface area contributed by atoms with Crippen molar-refractivity contribution in [2.45, 2.75) is 126 Å². The summed E-state index contributed by atoms with van der Waals surface area (Å²) in [6, 6.07) is 0.985. The largest absolute Gasteiger partial charge is 0.497 e. The van der Waals surface area contributed by atoms with Crippen molar-refractivity contribution in [3.05, 3.63) is 42.4 Å². The van der Waals surface area contributed by atoms with Crippen molar-refractivity contribution < 1.29 is 59.7 Å². The van der Waals surface area contributed by atoms with Gasteiger partial charge in [-0.15, -0.1) is 0 Å². The summed E-state index contributed by atoms with van der Waals surface area (Å²) < 4.78 is 98.1. The number of carbonyl (C=O) groups excluding carboxylic acids is 3. The number of methoxy groups -OCH3 is 1. The van der Waals surface area contributed by atoms with Gasteiger partial charge in [-0.1, -0.05) is 32.4 Å². The lowest BCUT2D eigenvalue weighted by Gasteiger charge is -2.46. The van der Waals surface area contributed by atoms with Gasteiger partial charge in [0.1, 0.15) is 40.8 Å². The van der Waals surface area contributed by atoms with Crippen LogP contribution >= 0.6 is 0 Å². The fourth-order valence-corrected chi connectivity index (χ4v) is 9.62. The molecule has 6 rings (SSSR count). The van der Waals surface area contributed by atoms with Gasteiger partial charge in [0.05, 0.1) is 24.6 Å². The molecule has 2 aliphatic heterocycles. The molecular formula is C40H51F4N5O9S. The van der Waals surface area contributed by atoms with Crippen LogP contribution in [0.2, 0.25) is 0 Å². The monoisotopic (exact) mass is 853 g/mol. The zero-order valence-corrected chi connectivity index (χ0v) is 34.6. The standard InChI is InChI=1S/C40H51F4N5O9S/c1-7-23-16-22(2)10-8-9-11-24-19-39(24,35(52)47-59(55,56)38(5)14-15-38)46-32(50)30-18-26(58-33-27-13-12-25(57-6)17-28(27)29(41)20-45-33)21-48(30)34(51)31(23)49(36(53)54)37(3,4)40(42,43)44/h9,11-13,17,20,22-24,26,30-31H,7-8,10,14-16,18-19,21H2,1-6H3,(H,46,50)(H,47,52)(H,53,54)/t22-,23-,24-,26-,30+,31+,39-/m1/s1. The van der Waals surface area contributed by atoms with Gasteiger partial charge in [-0.25, -0.2) is 22.6 Å². The van der Waals surface area contributed by atoms with Crippen LogP contribution in [0.4, 0.5) is 22.4 Å². The quantitative estimate of drug-likeness (QED) is 0.209. The summed E-state index contributed by atoms with van der Waals surface area (Å²) >= 11 is 0. The highest BCUT2D eigenvalue weighted by atomic mass is 32.2. The lowest BCUT2D eigenvalue weighted by Crippen LogP contribution is -2.66. The van der Waals surface area contributed by atoms with E-state index in [1.54, 1.807) is 25.1 Å². The predicted molar refractivity (Wildman–Crippen MR) is 206 cm³/mol. The van der Waals surface area contributed by atoms with Gasteiger partial charge in [0.25, 0.3) is 5.91 Å². The summed E-state index contributed by atoms with van der Waals surface area (Å²) in [5.74, 6) is -5.22. The number of halogens is 4. The third kappa shape index (κ3) is 8.27. The number of nitrogens with one attached hydrogen (secondary N) is 2. The van der Waals surface area contributed by atoms with E-state index in [9.17, 15) is 45.5 Å². The van der Waals surface area contributed by atoms with Crippen LogP contribution < -0.4 is 19.5 Å². The van der Waals surface area contributed by atoms with Crippen LogP contribution in [0.3, 0.4) is 0 Å². The molecule has 0 bridgehead atoms. The van der Waals surface area contributed by atoms with Crippen LogP contribution in [-0.4, -0.2) is 106 Å². The van der Waals surface area contributed by atoms with Gasteiger partial charge in [-0.3, -0.25) is 24.0 Å². The van der Waals surface area contributed by atoms with E-state index in [4.69, 9.17) is 9.47 Å². The number of alkyl halides is 3. The molecule has 3 heterocycles. The third-order valence-electron chi connectivity index (χ3n) is 12.6. The predicted octanol–water partition coefficient (Wildman–Crippen LogP) is 5.70. The van der Waals surface area contributed by atoms with Gasteiger partial charge < -0.3 is 24.8 Å². The van der Waals surface area contributed by atoms with Crippen LogP contribution in [0, 0.1) is 23.6 Å². The molecule has 0 spiro atoms. The first-order valence-electron chi connectivity index (χ1n) is 19.7. The first-order valence-corrected chi connectivity index (χ1v) is 21.2. The minimum atomic E-state index is -5.12. The smallest absolute Gasteiger partial charge is 0.411 e. The maximum absolute atomic E-state index is 15.1. The Hall–Kier alpha value is -4.68. The number of pyridine rings is 1. The van der Waals surface area contributed by atoms with Crippen molar-refractivity contribution in [1.82, 2.24) is 24.8 Å². The van der Waals surface area contributed by atoms with Gasteiger partial charge in [-0.05, 0) is 89.3 Å². The Balaban J connectivity index is 1.44. The first kappa shape index (κ1) is 43.9. The molecule has 7 atom stereocenters. The fraction of sp³-hybridized carbons (Fsp3) is 0.625. The summed E-state index contributed by atoms with van der Waals surface area (Å²) in [5.41, 5.74) is -4.82. The second kappa shape index (κ2) is 15.7. The minimum Gasteiger partial charge on any atom is -0.497 e. The van der Waals surface area contributed by atoms with E-state index in [0.29, 0.717) is 45.3 Å².